The molecule has 0 atom stereocenters. The van der Waals surface area contributed by atoms with Crippen LogP contribution in [-0.4, -0.2) is 31.5 Å². The van der Waals surface area contributed by atoms with Crippen molar-refractivity contribution in [2.75, 3.05) is 13.7 Å². The fourth-order valence-electron chi connectivity index (χ4n) is 1.83. The maximum Gasteiger partial charge on any atom is 0.252 e. The standard InChI is InChI=1S/C14H16BrNO3S2/c1-16(10-11-2-4-12(15)5-3-11)21(18,19)14-7-6-13(20-14)8-9-17/h2-7,17H,8-10H2,1H3. The van der Waals surface area contributed by atoms with Gasteiger partial charge >= 0.3 is 0 Å². The number of aliphatic hydroxyl groups is 1. The molecule has 114 valence electrons. The van der Waals surface area contributed by atoms with Crippen LogP contribution in [0, 0.1) is 0 Å². The fourth-order valence-corrected chi connectivity index (χ4v) is 4.81. The Morgan fingerprint density at radius 1 is 1.19 bits per heavy atom. The van der Waals surface area contributed by atoms with E-state index in [0.29, 0.717) is 17.2 Å². The summed E-state index contributed by atoms with van der Waals surface area (Å²) in [6.07, 6.45) is 0.483. The van der Waals surface area contributed by atoms with Gasteiger partial charge in [0.2, 0.25) is 0 Å². The van der Waals surface area contributed by atoms with E-state index in [1.54, 1.807) is 19.2 Å². The number of rotatable bonds is 6. The second-order valence-electron chi connectivity index (χ2n) is 4.58. The quantitative estimate of drug-likeness (QED) is 0.825. The molecule has 1 heterocycles. The fraction of sp³-hybridized carbons (Fsp3) is 0.286. The second-order valence-corrected chi connectivity index (χ2v) is 8.94. The smallest absolute Gasteiger partial charge is 0.252 e. The first-order chi connectivity index (χ1) is 9.93. The Labute approximate surface area is 137 Å². The van der Waals surface area contributed by atoms with Gasteiger partial charge in [0.1, 0.15) is 4.21 Å². The number of halogens is 1. The highest BCUT2D eigenvalue weighted by molar-refractivity contribution is 9.10. The largest absolute Gasteiger partial charge is 0.396 e. The number of hydrogen-bond donors (Lipinski definition) is 1. The van der Waals surface area contributed by atoms with Crippen LogP contribution >= 0.6 is 27.3 Å². The van der Waals surface area contributed by atoms with E-state index < -0.39 is 10.0 Å². The molecular weight excluding hydrogens is 374 g/mol. The normalized spacial score (nSPS) is 12.0. The lowest BCUT2D eigenvalue weighted by atomic mass is 10.2. The molecule has 0 unspecified atom stereocenters. The molecule has 1 aromatic heterocycles. The first-order valence-electron chi connectivity index (χ1n) is 6.34. The maximum atomic E-state index is 12.5. The Hall–Kier alpha value is -0.730. The number of nitrogens with zero attached hydrogens (tertiary/aromatic N) is 1. The molecule has 0 aliphatic carbocycles. The van der Waals surface area contributed by atoms with E-state index in [9.17, 15) is 8.42 Å². The van der Waals surface area contributed by atoms with Crippen molar-refractivity contribution in [1.29, 1.82) is 0 Å². The van der Waals surface area contributed by atoms with Crippen molar-refractivity contribution in [1.82, 2.24) is 4.31 Å². The zero-order valence-corrected chi connectivity index (χ0v) is 14.7. The van der Waals surface area contributed by atoms with E-state index in [0.717, 1.165) is 14.9 Å². The third-order valence-electron chi connectivity index (χ3n) is 2.98. The van der Waals surface area contributed by atoms with Crippen LogP contribution in [0.3, 0.4) is 0 Å². The number of aliphatic hydroxyl groups excluding tert-OH is 1. The summed E-state index contributed by atoms with van der Waals surface area (Å²) < 4.78 is 27.6. The number of benzene rings is 1. The predicted octanol–water partition coefficient (Wildman–Crippen LogP) is 2.87. The highest BCUT2D eigenvalue weighted by Gasteiger charge is 2.22. The third-order valence-corrected chi connectivity index (χ3v) is 6.92. The predicted molar refractivity (Wildman–Crippen MR) is 87.9 cm³/mol. The molecule has 7 heteroatoms. The van der Waals surface area contributed by atoms with Crippen molar-refractivity contribution in [3.8, 4) is 0 Å². The molecule has 0 bridgehead atoms. The van der Waals surface area contributed by atoms with Crippen LogP contribution < -0.4 is 0 Å². The zero-order valence-electron chi connectivity index (χ0n) is 11.5. The topological polar surface area (TPSA) is 57.6 Å². The molecule has 0 spiro atoms. The van der Waals surface area contributed by atoms with Crippen LogP contribution in [0.25, 0.3) is 0 Å². The van der Waals surface area contributed by atoms with Crippen LogP contribution in [0.4, 0.5) is 0 Å². The third kappa shape index (κ3) is 4.14. The second kappa shape index (κ2) is 7.02. The number of sulfonamides is 1. The summed E-state index contributed by atoms with van der Waals surface area (Å²) >= 11 is 4.56. The van der Waals surface area contributed by atoms with Gasteiger partial charge in [0.25, 0.3) is 10.0 Å². The Balaban J connectivity index is 2.15. The Kier molecular flexibility index (Phi) is 5.56. The van der Waals surface area contributed by atoms with Crippen molar-refractivity contribution in [2.45, 2.75) is 17.2 Å². The first-order valence-corrected chi connectivity index (χ1v) is 9.39. The summed E-state index contributed by atoms with van der Waals surface area (Å²) in [5.74, 6) is 0. The molecule has 0 aliphatic rings. The van der Waals surface area contributed by atoms with Crippen molar-refractivity contribution < 1.29 is 13.5 Å². The molecule has 0 amide bonds. The van der Waals surface area contributed by atoms with Crippen LogP contribution in [0.15, 0.2) is 45.1 Å². The molecule has 2 rings (SSSR count). The Morgan fingerprint density at radius 3 is 2.48 bits per heavy atom. The molecule has 0 saturated heterocycles. The number of thiophene rings is 1. The molecule has 4 nitrogen and oxygen atoms in total. The highest BCUT2D eigenvalue weighted by Crippen LogP contribution is 2.25. The van der Waals surface area contributed by atoms with Gasteiger partial charge in [-0.25, -0.2) is 8.42 Å². The molecule has 2 aromatic rings. The summed E-state index contributed by atoms with van der Waals surface area (Å²) in [5, 5.41) is 8.90. The van der Waals surface area contributed by atoms with Gasteiger partial charge in [-0.05, 0) is 29.8 Å². The summed E-state index contributed by atoms with van der Waals surface area (Å²) in [6.45, 7) is 0.345. The Bertz CT molecular complexity index is 695. The van der Waals surface area contributed by atoms with Crippen molar-refractivity contribution >= 4 is 37.3 Å². The Morgan fingerprint density at radius 2 is 1.86 bits per heavy atom. The molecule has 0 aliphatic heterocycles. The average Bonchev–Trinajstić information content (AvgIpc) is 2.91. The molecule has 1 N–H and O–H groups in total. The minimum absolute atomic E-state index is 0.0226. The van der Waals surface area contributed by atoms with Crippen LogP contribution in [0.5, 0.6) is 0 Å². The lowest BCUT2D eigenvalue weighted by molar-refractivity contribution is 0.300. The SMILES string of the molecule is CN(Cc1ccc(Br)cc1)S(=O)(=O)c1ccc(CCO)s1. The molecular formula is C14H16BrNO3S2. The first kappa shape index (κ1) is 16.6. The van der Waals surface area contributed by atoms with Crippen LogP contribution in [0.2, 0.25) is 0 Å². The van der Waals surface area contributed by atoms with Gasteiger partial charge in [-0.3, -0.25) is 0 Å². The summed E-state index contributed by atoms with van der Waals surface area (Å²) in [6, 6.07) is 10.9. The summed E-state index contributed by atoms with van der Waals surface area (Å²) in [4.78, 5) is 0.869. The van der Waals surface area contributed by atoms with Gasteiger partial charge in [-0.15, -0.1) is 11.3 Å². The van der Waals surface area contributed by atoms with E-state index in [1.165, 1.54) is 15.6 Å². The lowest BCUT2D eigenvalue weighted by Gasteiger charge is -2.16. The van der Waals surface area contributed by atoms with Crippen molar-refractivity contribution in [3.63, 3.8) is 0 Å². The van der Waals surface area contributed by atoms with E-state index in [4.69, 9.17) is 5.11 Å². The van der Waals surface area contributed by atoms with Gasteiger partial charge in [0, 0.05) is 36.0 Å². The van der Waals surface area contributed by atoms with E-state index in [2.05, 4.69) is 15.9 Å². The van der Waals surface area contributed by atoms with Crippen molar-refractivity contribution in [2.24, 2.45) is 0 Å². The molecule has 0 radical (unpaired) electrons. The van der Waals surface area contributed by atoms with Crippen LogP contribution in [-0.2, 0) is 23.0 Å². The average molecular weight is 390 g/mol. The molecule has 0 fully saturated rings. The minimum atomic E-state index is -3.49. The molecule has 21 heavy (non-hydrogen) atoms. The molecule has 1 aromatic carbocycles. The van der Waals surface area contributed by atoms with Gasteiger partial charge in [-0.1, -0.05) is 28.1 Å². The van der Waals surface area contributed by atoms with E-state index in [-0.39, 0.29) is 6.61 Å². The van der Waals surface area contributed by atoms with E-state index >= 15 is 0 Å². The minimum Gasteiger partial charge on any atom is -0.396 e. The molecule has 0 saturated carbocycles. The summed E-state index contributed by atoms with van der Waals surface area (Å²) in [5.41, 5.74) is 0.927. The zero-order chi connectivity index (χ0) is 15.5. The highest BCUT2D eigenvalue weighted by atomic mass is 79.9. The monoisotopic (exact) mass is 389 g/mol. The van der Waals surface area contributed by atoms with E-state index in [1.807, 2.05) is 24.3 Å². The van der Waals surface area contributed by atoms with Gasteiger partial charge in [0.15, 0.2) is 0 Å². The van der Waals surface area contributed by atoms with Gasteiger partial charge in [-0.2, -0.15) is 4.31 Å². The van der Waals surface area contributed by atoms with Gasteiger partial charge < -0.3 is 5.11 Å². The summed E-state index contributed by atoms with van der Waals surface area (Å²) in [7, 11) is -1.91. The van der Waals surface area contributed by atoms with Gasteiger partial charge in [0.05, 0.1) is 0 Å². The van der Waals surface area contributed by atoms with Crippen molar-refractivity contribution in [3.05, 3.63) is 51.3 Å². The lowest BCUT2D eigenvalue weighted by Crippen LogP contribution is -2.25. The van der Waals surface area contributed by atoms with Crippen LogP contribution in [0.1, 0.15) is 10.4 Å². The maximum absolute atomic E-state index is 12.5. The number of hydrogen-bond acceptors (Lipinski definition) is 4.